The zero-order valence-corrected chi connectivity index (χ0v) is 24.1. The molecule has 0 saturated heterocycles. The van der Waals surface area contributed by atoms with Crippen molar-refractivity contribution in [2.45, 2.75) is 0 Å². The molecule has 0 spiro atoms. The first-order chi connectivity index (χ1) is 21.2. The third kappa shape index (κ3) is 3.49. The van der Waals surface area contributed by atoms with Crippen LogP contribution in [-0.2, 0) is 4.57 Å². The number of para-hydroxylation sites is 2. The smallest absolute Gasteiger partial charge is 0.173 e. The van der Waals surface area contributed by atoms with Crippen molar-refractivity contribution in [3.05, 3.63) is 152 Å². The van der Waals surface area contributed by atoms with Gasteiger partial charge >= 0.3 is 0 Å². The molecule has 0 N–H and O–H groups in total. The van der Waals surface area contributed by atoms with Gasteiger partial charge in [0.25, 0.3) is 0 Å². The molecule has 0 bridgehead atoms. The van der Waals surface area contributed by atoms with Gasteiger partial charge in [0.2, 0.25) is 0 Å². The Bertz CT molecular complexity index is 2530. The summed E-state index contributed by atoms with van der Waals surface area (Å²) < 4.78 is 18.3. The Balaban J connectivity index is 1.43. The van der Waals surface area contributed by atoms with Crippen molar-refractivity contribution >= 4 is 83.0 Å². The summed E-state index contributed by atoms with van der Waals surface area (Å²) in [5, 5.41) is 10.2. The number of rotatable bonds is 3. The summed E-state index contributed by atoms with van der Waals surface area (Å²) in [6.45, 7) is 0. The fraction of sp³-hybridized carbons (Fsp3) is 0. The zero-order chi connectivity index (χ0) is 28.5. The van der Waals surface area contributed by atoms with Crippen LogP contribution in [0.4, 0.5) is 0 Å². The minimum absolute atomic E-state index is 0.757. The fourth-order valence-electron chi connectivity index (χ4n) is 6.74. The highest BCUT2D eigenvalue weighted by molar-refractivity contribution is 7.85. The van der Waals surface area contributed by atoms with Crippen molar-refractivity contribution in [2.24, 2.45) is 0 Å². The van der Waals surface area contributed by atoms with E-state index in [0.29, 0.717) is 0 Å². The molecule has 0 aliphatic heterocycles. The molecule has 0 atom stereocenters. The summed E-state index contributed by atoms with van der Waals surface area (Å²) in [5.74, 6) is 0. The number of aromatic nitrogens is 2. The first-order valence-electron chi connectivity index (χ1n) is 14.5. The topological polar surface area (TPSA) is 34.4 Å². The Morgan fingerprint density at radius 3 is 1.67 bits per heavy atom. The monoisotopic (exact) mass is 568 g/mol. The average molecular weight is 569 g/mol. The van der Waals surface area contributed by atoms with Crippen LogP contribution in [0, 0.1) is 0 Å². The van der Waals surface area contributed by atoms with E-state index in [1.807, 2.05) is 48.5 Å². The maximum Gasteiger partial charge on any atom is 0.173 e. The number of benzene rings is 7. The lowest BCUT2D eigenvalue weighted by atomic mass is 10.1. The highest BCUT2D eigenvalue weighted by Crippen LogP contribution is 2.46. The summed E-state index contributed by atoms with van der Waals surface area (Å²) in [4.78, 5) is 5.33. The van der Waals surface area contributed by atoms with Crippen molar-refractivity contribution in [1.29, 1.82) is 0 Å². The van der Waals surface area contributed by atoms with E-state index in [2.05, 4.69) is 108 Å². The van der Waals surface area contributed by atoms with Crippen LogP contribution >= 0.6 is 7.14 Å². The van der Waals surface area contributed by atoms with E-state index in [9.17, 15) is 0 Å². The molecule has 2 aromatic heterocycles. The quantitative estimate of drug-likeness (QED) is 0.158. The van der Waals surface area contributed by atoms with E-state index >= 15 is 4.57 Å². The number of fused-ring (bicyclic) bond motifs is 10. The third-order valence-corrected chi connectivity index (χ3v) is 11.8. The lowest BCUT2D eigenvalue weighted by molar-refractivity contribution is 0.592. The Morgan fingerprint density at radius 2 is 1.00 bits per heavy atom. The molecule has 0 saturated carbocycles. The zero-order valence-electron chi connectivity index (χ0n) is 23.2. The molecule has 3 nitrogen and oxygen atoms in total. The van der Waals surface area contributed by atoms with Crippen molar-refractivity contribution in [2.75, 3.05) is 0 Å². The van der Waals surface area contributed by atoms with Crippen LogP contribution in [0.5, 0.6) is 0 Å². The molecular formula is C39H25N2OP. The molecule has 43 heavy (non-hydrogen) atoms. The summed E-state index contributed by atoms with van der Waals surface area (Å²) in [5.41, 5.74) is 3.69. The molecule has 7 aromatic carbocycles. The van der Waals surface area contributed by atoms with Crippen LogP contribution in [-0.4, -0.2) is 9.38 Å². The Morgan fingerprint density at radius 1 is 0.465 bits per heavy atom. The van der Waals surface area contributed by atoms with Crippen molar-refractivity contribution in [3.8, 4) is 0 Å². The second-order valence-electron chi connectivity index (χ2n) is 11.2. The predicted octanol–water partition coefficient (Wildman–Crippen LogP) is 8.74. The van der Waals surface area contributed by atoms with Gasteiger partial charge in [-0.1, -0.05) is 121 Å². The van der Waals surface area contributed by atoms with Crippen LogP contribution in [0.2, 0.25) is 0 Å². The average Bonchev–Trinajstić information content (AvgIpc) is 3.48. The first-order valence-corrected chi connectivity index (χ1v) is 16.2. The van der Waals surface area contributed by atoms with E-state index in [4.69, 9.17) is 4.98 Å². The van der Waals surface area contributed by atoms with Gasteiger partial charge in [0.15, 0.2) is 7.14 Å². The van der Waals surface area contributed by atoms with Crippen molar-refractivity contribution in [1.82, 2.24) is 9.38 Å². The maximum atomic E-state index is 16.1. The van der Waals surface area contributed by atoms with E-state index in [1.165, 1.54) is 5.39 Å². The molecule has 0 aliphatic carbocycles. The highest BCUT2D eigenvalue weighted by Gasteiger charge is 2.33. The number of nitrogens with zero attached hydrogens (tertiary/aromatic N) is 2. The Labute approximate surface area is 248 Å². The predicted molar refractivity (Wildman–Crippen MR) is 182 cm³/mol. The van der Waals surface area contributed by atoms with Crippen molar-refractivity contribution in [3.63, 3.8) is 0 Å². The molecule has 0 amide bonds. The van der Waals surface area contributed by atoms with Gasteiger partial charge in [0, 0.05) is 26.7 Å². The van der Waals surface area contributed by atoms with Crippen molar-refractivity contribution < 1.29 is 4.57 Å². The number of pyridine rings is 1. The summed E-state index contributed by atoms with van der Waals surface area (Å²) in [6.07, 6.45) is 0. The minimum atomic E-state index is -3.38. The molecule has 0 radical (unpaired) electrons. The molecule has 0 unspecified atom stereocenters. The second kappa shape index (κ2) is 9.13. The molecular weight excluding hydrogens is 543 g/mol. The van der Waals surface area contributed by atoms with Crippen LogP contribution < -0.4 is 15.9 Å². The Hall–Kier alpha value is -5.24. The normalized spacial score (nSPS) is 12.3. The van der Waals surface area contributed by atoms with Crippen LogP contribution in [0.25, 0.3) is 59.9 Å². The van der Waals surface area contributed by atoms with Gasteiger partial charge in [-0.05, 0) is 57.3 Å². The standard InChI is InChI=1S/C39H25N2OP/c42-43(30-22-20-26-10-1-3-12-28(26)24-30,31-23-21-27-11-2-4-13-29(27)25-31)37-19-9-18-36-38(37)40-39-34-16-6-5-14-32(34)33-15-7-8-17-35(33)41(36)39/h1-25H. The van der Waals surface area contributed by atoms with Gasteiger partial charge in [0.05, 0.1) is 11.0 Å². The highest BCUT2D eigenvalue weighted by atomic mass is 31.2. The first kappa shape index (κ1) is 24.4. The molecule has 0 aliphatic rings. The summed E-state index contributed by atoms with van der Waals surface area (Å²) in [6, 6.07) is 52.0. The molecule has 4 heteroatoms. The number of imidazole rings is 1. The van der Waals surface area contributed by atoms with E-state index in [0.717, 1.165) is 70.4 Å². The van der Waals surface area contributed by atoms with Gasteiger partial charge in [-0.15, -0.1) is 0 Å². The summed E-state index contributed by atoms with van der Waals surface area (Å²) >= 11 is 0. The third-order valence-electron chi connectivity index (χ3n) is 8.80. The van der Waals surface area contributed by atoms with Gasteiger partial charge in [-0.3, -0.25) is 4.40 Å². The van der Waals surface area contributed by atoms with Gasteiger partial charge < -0.3 is 4.57 Å². The lowest BCUT2D eigenvalue weighted by Crippen LogP contribution is -2.26. The van der Waals surface area contributed by atoms with Gasteiger partial charge in [-0.2, -0.15) is 0 Å². The largest absolute Gasteiger partial charge is 0.309 e. The minimum Gasteiger partial charge on any atom is -0.309 e. The van der Waals surface area contributed by atoms with E-state index in [1.54, 1.807) is 0 Å². The number of hydrogen-bond acceptors (Lipinski definition) is 2. The number of hydrogen-bond donors (Lipinski definition) is 0. The summed E-state index contributed by atoms with van der Waals surface area (Å²) in [7, 11) is -3.38. The lowest BCUT2D eigenvalue weighted by Gasteiger charge is -2.21. The van der Waals surface area contributed by atoms with Crippen LogP contribution in [0.15, 0.2) is 152 Å². The molecule has 9 aromatic rings. The molecule has 202 valence electrons. The van der Waals surface area contributed by atoms with Crippen LogP contribution in [0.3, 0.4) is 0 Å². The Kier molecular flexibility index (Phi) is 5.17. The fourth-order valence-corrected chi connectivity index (χ4v) is 9.57. The molecule has 2 heterocycles. The van der Waals surface area contributed by atoms with Gasteiger partial charge in [0.1, 0.15) is 11.2 Å². The van der Waals surface area contributed by atoms with Gasteiger partial charge in [-0.25, -0.2) is 4.98 Å². The molecule has 0 fully saturated rings. The second-order valence-corrected chi connectivity index (χ2v) is 13.9. The van der Waals surface area contributed by atoms with E-state index < -0.39 is 7.14 Å². The van der Waals surface area contributed by atoms with E-state index in [-0.39, 0.29) is 0 Å². The van der Waals surface area contributed by atoms with Crippen LogP contribution in [0.1, 0.15) is 0 Å². The SMILES string of the molecule is O=P(c1ccc2ccccc2c1)(c1ccc2ccccc2c1)c1cccc2c1nc1c3ccccc3c3ccccc3n21. The molecule has 9 rings (SSSR count). The maximum absolute atomic E-state index is 16.1.